The highest BCUT2D eigenvalue weighted by molar-refractivity contribution is 9.10. The predicted molar refractivity (Wildman–Crippen MR) is 82.4 cm³/mol. The molecule has 0 aliphatic heterocycles. The van der Waals surface area contributed by atoms with Crippen LogP contribution >= 0.6 is 15.9 Å². The Bertz CT molecular complexity index is 659. The number of methoxy groups -OCH3 is 1. The minimum Gasteiger partial charge on any atom is -0.465 e. The van der Waals surface area contributed by atoms with Crippen LogP contribution in [0, 0.1) is 0 Å². The molecule has 0 fully saturated rings. The number of ether oxygens (including phenoxy) is 2. The molecule has 21 heavy (non-hydrogen) atoms. The summed E-state index contributed by atoms with van der Waals surface area (Å²) < 4.78 is 11.1. The predicted octanol–water partition coefficient (Wildman–Crippen LogP) is 3.44. The van der Waals surface area contributed by atoms with Crippen molar-refractivity contribution in [2.24, 2.45) is 5.73 Å². The van der Waals surface area contributed by atoms with E-state index >= 15 is 0 Å². The highest BCUT2D eigenvalue weighted by Crippen LogP contribution is 2.31. The number of nitrogens with zero attached hydrogens (tertiary/aromatic N) is 1. The van der Waals surface area contributed by atoms with Crippen molar-refractivity contribution in [1.82, 2.24) is 4.98 Å². The van der Waals surface area contributed by atoms with Crippen LogP contribution in [0.4, 0.5) is 0 Å². The molecule has 0 aliphatic carbocycles. The molecule has 0 amide bonds. The van der Waals surface area contributed by atoms with E-state index in [0.29, 0.717) is 17.1 Å². The molecule has 1 aromatic carbocycles. The molecule has 0 bridgehead atoms. The third-order valence-electron chi connectivity index (χ3n) is 2.84. The second kappa shape index (κ2) is 6.69. The van der Waals surface area contributed by atoms with Gasteiger partial charge in [0.15, 0.2) is 0 Å². The Labute approximate surface area is 131 Å². The van der Waals surface area contributed by atoms with E-state index in [1.54, 1.807) is 6.07 Å². The van der Waals surface area contributed by atoms with Crippen molar-refractivity contribution in [3.05, 3.63) is 52.3 Å². The van der Waals surface area contributed by atoms with E-state index in [2.05, 4.69) is 25.7 Å². The van der Waals surface area contributed by atoms with E-state index in [-0.39, 0.29) is 6.04 Å². The molecule has 0 radical (unpaired) electrons. The lowest BCUT2D eigenvalue weighted by Crippen LogP contribution is -2.04. The molecule has 1 unspecified atom stereocenters. The van der Waals surface area contributed by atoms with E-state index in [1.807, 2.05) is 25.1 Å². The first-order chi connectivity index (χ1) is 10.0. The molecule has 6 heteroatoms. The van der Waals surface area contributed by atoms with Crippen molar-refractivity contribution < 1.29 is 14.3 Å². The van der Waals surface area contributed by atoms with Gasteiger partial charge < -0.3 is 15.2 Å². The number of pyridine rings is 1. The summed E-state index contributed by atoms with van der Waals surface area (Å²) in [6, 6.07) is 7.12. The fourth-order valence-corrected chi connectivity index (χ4v) is 2.19. The zero-order valence-electron chi connectivity index (χ0n) is 11.7. The van der Waals surface area contributed by atoms with Crippen LogP contribution in [-0.4, -0.2) is 18.1 Å². The van der Waals surface area contributed by atoms with Crippen LogP contribution in [0.1, 0.15) is 28.9 Å². The lowest BCUT2D eigenvalue weighted by molar-refractivity contribution is 0.0600. The smallest absolute Gasteiger partial charge is 0.339 e. The second-order valence-corrected chi connectivity index (χ2v) is 5.34. The Morgan fingerprint density at radius 1 is 1.33 bits per heavy atom. The molecule has 1 atom stereocenters. The second-order valence-electron chi connectivity index (χ2n) is 4.48. The third-order valence-corrected chi connectivity index (χ3v) is 3.46. The van der Waals surface area contributed by atoms with Crippen LogP contribution in [0.15, 0.2) is 41.1 Å². The van der Waals surface area contributed by atoms with Crippen LogP contribution < -0.4 is 10.5 Å². The number of nitrogens with two attached hydrogens (primary N) is 1. The molecule has 0 saturated heterocycles. The summed E-state index contributed by atoms with van der Waals surface area (Å²) in [5.41, 5.74) is 7.16. The number of aromatic nitrogens is 1. The summed E-state index contributed by atoms with van der Waals surface area (Å²) >= 11 is 3.44. The van der Waals surface area contributed by atoms with Crippen LogP contribution in [-0.2, 0) is 4.74 Å². The molecule has 5 nitrogen and oxygen atoms in total. The number of carbonyl (C=O) groups excluding carboxylic acids is 1. The van der Waals surface area contributed by atoms with Crippen molar-refractivity contribution in [1.29, 1.82) is 0 Å². The minimum absolute atomic E-state index is 0.0559. The van der Waals surface area contributed by atoms with Gasteiger partial charge in [0, 0.05) is 12.2 Å². The van der Waals surface area contributed by atoms with Gasteiger partial charge in [-0.15, -0.1) is 0 Å². The topological polar surface area (TPSA) is 74.4 Å². The van der Waals surface area contributed by atoms with Crippen molar-refractivity contribution in [3.8, 4) is 11.5 Å². The highest BCUT2D eigenvalue weighted by Gasteiger charge is 2.10. The SMILES string of the molecule is COC(=O)c1cncc(Oc2ccc(C(C)N)cc2Br)c1. The summed E-state index contributed by atoms with van der Waals surface area (Å²) in [5.74, 6) is 0.606. The number of carbonyl (C=O) groups is 1. The zero-order valence-corrected chi connectivity index (χ0v) is 13.3. The van der Waals surface area contributed by atoms with Gasteiger partial charge in [-0.05, 0) is 46.6 Å². The van der Waals surface area contributed by atoms with Gasteiger partial charge >= 0.3 is 5.97 Å². The van der Waals surface area contributed by atoms with Gasteiger partial charge in [0.25, 0.3) is 0 Å². The summed E-state index contributed by atoms with van der Waals surface area (Å²) in [7, 11) is 1.32. The number of benzene rings is 1. The number of halogens is 1. The molecule has 0 aliphatic rings. The molecule has 0 spiro atoms. The van der Waals surface area contributed by atoms with Crippen LogP contribution in [0.3, 0.4) is 0 Å². The highest BCUT2D eigenvalue weighted by atomic mass is 79.9. The first-order valence-electron chi connectivity index (χ1n) is 6.27. The molecule has 2 aromatic rings. The maximum Gasteiger partial charge on any atom is 0.339 e. The van der Waals surface area contributed by atoms with E-state index in [1.165, 1.54) is 19.5 Å². The largest absolute Gasteiger partial charge is 0.465 e. The molecular formula is C15H15BrN2O3. The van der Waals surface area contributed by atoms with Gasteiger partial charge in [0.1, 0.15) is 11.5 Å². The first kappa shape index (κ1) is 15.5. The fraction of sp³-hybridized carbons (Fsp3) is 0.200. The van der Waals surface area contributed by atoms with E-state index in [9.17, 15) is 4.79 Å². The lowest BCUT2D eigenvalue weighted by atomic mass is 10.1. The van der Waals surface area contributed by atoms with E-state index in [0.717, 1.165) is 10.0 Å². The normalized spacial score (nSPS) is 11.8. The molecule has 2 N–H and O–H groups in total. The summed E-state index contributed by atoms with van der Waals surface area (Å²) in [6.07, 6.45) is 2.95. The van der Waals surface area contributed by atoms with Gasteiger partial charge in [-0.25, -0.2) is 4.79 Å². The van der Waals surface area contributed by atoms with E-state index in [4.69, 9.17) is 10.5 Å². The Balaban J connectivity index is 2.24. The quantitative estimate of drug-likeness (QED) is 0.854. The average molecular weight is 351 g/mol. The Morgan fingerprint density at radius 3 is 2.71 bits per heavy atom. The van der Waals surface area contributed by atoms with Gasteiger partial charge in [0.2, 0.25) is 0 Å². The Morgan fingerprint density at radius 2 is 2.10 bits per heavy atom. The van der Waals surface area contributed by atoms with Crippen molar-refractivity contribution >= 4 is 21.9 Å². The van der Waals surface area contributed by atoms with Gasteiger partial charge in [-0.1, -0.05) is 6.07 Å². The third kappa shape index (κ3) is 3.80. The Kier molecular flexibility index (Phi) is 4.93. The van der Waals surface area contributed by atoms with Crippen LogP contribution in [0.5, 0.6) is 11.5 Å². The number of hydrogen-bond donors (Lipinski definition) is 1. The monoisotopic (exact) mass is 350 g/mol. The van der Waals surface area contributed by atoms with Crippen molar-refractivity contribution in [2.45, 2.75) is 13.0 Å². The average Bonchev–Trinajstić information content (AvgIpc) is 2.48. The molecular weight excluding hydrogens is 336 g/mol. The maximum absolute atomic E-state index is 11.5. The zero-order chi connectivity index (χ0) is 15.4. The molecule has 1 heterocycles. The fourth-order valence-electron chi connectivity index (χ4n) is 1.71. The number of rotatable bonds is 4. The van der Waals surface area contributed by atoms with Crippen LogP contribution in [0.25, 0.3) is 0 Å². The van der Waals surface area contributed by atoms with Crippen molar-refractivity contribution in [3.63, 3.8) is 0 Å². The van der Waals surface area contributed by atoms with Gasteiger partial charge in [-0.3, -0.25) is 4.98 Å². The van der Waals surface area contributed by atoms with E-state index < -0.39 is 5.97 Å². The lowest BCUT2D eigenvalue weighted by Gasteiger charge is -2.11. The molecule has 0 saturated carbocycles. The molecule has 1 aromatic heterocycles. The molecule has 110 valence electrons. The number of hydrogen-bond acceptors (Lipinski definition) is 5. The summed E-state index contributed by atoms with van der Waals surface area (Å²) in [4.78, 5) is 15.4. The summed E-state index contributed by atoms with van der Waals surface area (Å²) in [6.45, 7) is 1.91. The summed E-state index contributed by atoms with van der Waals surface area (Å²) in [5, 5.41) is 0. The minimum atomic E-state index is -0.459. The Hall–Kier alpha value is -1.92. The maximum atomic E-state index is 11.5. The van der Waals surface area contributed by atoms with Crippen molar-refractivity contribution in [2.75, 3.05) is 7.11 Å². The van der Waals surface area contributed by atoms with Crippen LogP contribution in [0.2, 0.25) is 0 Å². The van der Waals surface area contributed by atoms with Gasteiger partial charge in [-0.2, -0.15) is 0 Å². The standard InChI is InChI=1S/C15H15BrN2O3/c1-9(17)10-3-4-14(13(16)6-10)21-12-5-11(7-18-8-12)15(19)20-2/h3-9H,17H2,1-2H3. The number of esters is 1. The van der Waals surface area contributed by atoms with Gasteiger partial charge in [0.05, 0.1) is 23.3 Å². The molecule has 2 rings (SSSR count). The first-order valence-corrected chi connectivity index (χ1v) is 7.07.